The van der Waals surface area contributed by atoms with Crippen LogP contribution in [0.15, 0.2) is 23.1 Å². The number of nitrogens with one attached hydrogen (secondary N) is 1. The second kappa shape index (κ2) is 6.27. The average Bonchev–Trinajstić information content (AvgIpc) is 2.39. The van der Waals surface area contributed by atoms with Crippen molar-refractivity contribution in [1.82, 2.24) is 19.7 Å². The van der Waals surface area contributed by atoms with E-state index >= 15 is 0 Å². The van der Waals surface area contributed by atoms with Crippen LogP contribution in [-0.2, 0) is 6.54 Å². The summed E-state index contributed by atoms with van der Waals surface area (Å²) in [4.78, 5) is 20.6. The van der Waals surface area contributed by atoms with Crippen molar-refractivity contribution >= 4 is 5.82 Å². The molecule has 0 unspecified atom stereocenters. The Morgan fingerprint density at radius 2 is 2.05 bits per heavy atom. The monoisotopic (exact) mass is 273 g/mol. The third-order valence-corrected chi connectivity index (χ3v) is 2.75. The lowest BCUT2D eigenvalue weighted by Crippen LogP contribution is -2.24. The van der Waals surface area contributed by atoms with Gasteiger partial charge in [-0.3, -0.25) is 4.79 Å². The molecule has 0 aliphatic carbocycles. The van der Waals surface area contributed by atoms with E-state index in [1.165, 1.54) is 4.68 Å². The van der Waals surface area contributed by atoms with Crippen LogP contribution in [-0.4, -0.2) is 26.3 Å². The van der Waals surface area contributed by atoms with Crippen molar-refractivity contribution in [2.24, 2.45) is 0 Å². The third-order valence-electron chi connectivity index (χ3n) is 2.75. The molecule has 20 heavy (non-hydrogen) atoms. The normalized spacial score (nSPS) is 10.6. The summed E-state index contributed by atoms with van der Waals surface area (Å²) in [5.41, 5.74) is 1.58. The van der Waals surface area contributed by atoms with Crippen molar-refractivity contribution in [3.05, 3.63) is 45.8 Å². The second-order valence-corrected chi connectivity index (χ2v) is 4.77. The molecule has 0 spiro atoms. The molecular weight excluding hydrogens is 254 g/mol. The van der Waals surface area contributed by atoms with Crippen LogP contribution in [0.5, 0.6) is 0 Å². The lowest BCUT2D eigenvalue weighted by molar-refractivity contribution is 0.610. The number of aryl methyl sites for hydroxylation is 2. The fraction of sp³-hybridized carbons (Fsp3) is 0.429. The molecule has 0 bridgehead atoms. The second-order valence-electron chi connectivity index (χ2n) is 4.77. The van der Waals surface area contributed by atoms with Crippen LogP contribution in [0.1, 0.15) is 30.4 Å². The molecule has 6 heteroatoms. The summed E-state index contributed by atoms with van der Waals surface area (Å²) < 4.78 is 1.37. The van der Waals surface area contributed by atoms with Crippen molar-refractivity contribution in [3.63, 3.8) is 0 Å². The summed E-state index contributed by atoms with van der Waals surface area (Å²) in [6.07, 6.45) is 2.69. The summed E-state index contributed by atoms with van der Waals surface area (Å²) >= 11 is 0. The number of aromatic nitrogens is 4. The van der Waals surface area contributed by atoms with Gasteiger partial charge in [0.1, 0.15) is 12.4 Å². The number of hydrogen-bond donors (Lipinski definition) is 1. The van der Waals surface area contributed by atoms with Crippen molar-refractivity contribution in [3.8, 4) is 0 Å². The Kier molecular flexibility index (Phi) is 4.45. The van der Waals surface area contributed by atoms with E-state index in [9.17, 15) is 4.79 Å². The summed E-state index contributed by atoms with van der Waals surface area (Å²) in [6, 6.07) is 3.45. The molecule has 2 heterocycles. The smallest absolute Gasteiger partial charge is 0.267 e. The molecular formula is C14H19N5O. The van der Waals surface area contributed by atoms with Crippen molar-refractivity contribution in [2.75, 3.05) is 11.9 Å². The quantitative estimate of drug-likeness (QED) is 0.894. The maximum Gasteiger partial charge on any atom is 0.267 e. The Morgan fingerprint density at radius 3 is 2.75 bits per heavy atom. The molecule has 0 atom stereocenters. The zero-order valence-electron chi connectivity index (χ0n) is 12.1. The minimum absolute atomic E-state index is 0.141. The van der Waals surface area contributed by atoms with E-state index in [1.54, 1.807) is 12.3 Å². The standard InChI is InChI=1S/C14H19N5O/c1-4-5-15-12-7-11(3)17-13(18-12)9-19-14(20)6-10(2)8-16-19/h6-8H,4-5,9H2,1-3H3,(H,15,17,18). The van der Waals surface area contributed by atoms with E-state index < -0.39 is 0 Å². The predicted octanol–water partition coefficient (Wildman–Crippen LogP) is 1.52. The van der Waals surface area contributed by atoms with E-state index in [1.807, 2.05) is 19.9 Å². The van der Waals surface area contributed by atoms with Crippen LogP contribution in [0.2, 0.25) is 0 Å². The Balaban J connectivity index is 2.24. The molecule has 0 saturated heterocycles. The van der Waals surface area contributed by atoms with Gasteiger partial charge in [-0.1, -0.05) is 6.92 Å². The average molecular weight is 273 g/mol. The molecule has 0 amide bonds. The number of nitrogens with zero attached hydrogens (tertiary/aromatic N) is 4. The van der Waals surface area contributed by atoms with Crippen LogP contribution >= 0.6 is 0 Å². The van der Waals surface area contributed by atoms with Crippen molar-refractivity contribution in [1.29, 1.82) is 0 Å². The van der Waals surface area contributed by atoms with Crippen LogP contribution in [0.3, 0.4) is 0 Å². The highest BCUT2D eigenvalue weighted by Gasteiger charge is 2.05. The van der Waals surface area contributed by atoms with Crippen LogP contribution < -0.4 is 10.9 Å². The van der Waals surface area contributed by atoms with Crippen LogP contribution in [0.25, 0.3) is 0 Å². The fourth-order valence-electron chi connectivity index (χ4n) is 1.82. The van der Waals surface area contributed by atoms with E-state index in [2.05, 4.69) is 27.3 Å². The SMILES string of the molecule is CCCNc1cc(C)nc(Cn2ncc(C)cc2=O)n1. The first kappa shape index (κ1) is 14.2. The first-order valence-electron chi connectivity index (χ1n) is 6.70. The van der Waals surface area contributed by atoms with Gasteiger partial charge < -0.3 is 5.32 Å². The molecule has 0 saturated carbocycles. The van der Waals surface area contributed by atoms with Crippen LogP contribution in [0, 0.1) is 13.8 Å². The molecule has 0 aromatic carbocycles. The molecule has 2 rings (SSSR count). The summed E-state index contributed by atoms with van der Waals surface area (Å²) in [5, 5.41) is 7.32. The van der Waals surface area contributed by atoms with Gasteiger partial charge in [-0.05, 0) is 25.8 Å². The minimum Gasteiger partial charge on any atom is -0.370 e. The van der Waals surface area contributed by atoms with E-state index in [-0.39, 0.29) is 12.1 Å². The molecule has 0 radical (unpaired) electrons. The van der Waals surface area contributed by atoms with E-state index in [0.717, 1.165) is 30.0 Å². The highest BCUT2D eigenvalue weighted by molar-refractivity contribution is 5.35. The molecule has 0 aliphatic heterocycles. The van der Waals surface area contributed by atoms with Crippen molar-refractivity contribution < 1.29 is 0 Å². The third kappa shape index (κ3) is 3.63. The van der Waals surface area contributed by atoms with Crippen LogP contribution in [0.4, 0.5) is 5.82 Å². The molecule has 0 fully saturated rings. The Labute approximate surface area is 117 Å². The molecule has 1 N–H and O–H groups in total. The molecule has 2 aromatic rings. The highest BCUT2D eigenvalue weighted by Crippen LogP contribution is 2.06. The van der Waals surface area contributed by atoms with E-state index in [0.29, 0.717) is 5.82 Å². The number of rotatable bonds is 5. The lowest BCUT2D eigenvalue weighted by atomic mass is 10.3. The Hall–Kier alpha value is -2.24. The molecule has 2 aromatic heterocycles. The summed E-state index contributed by atoms with van der Waals surface area (Å²) in [5.74, 6) is 1.37. The number of anilines is 1. The van der Waals surface area contributed by atoms with E-state index in [4.69, 9.17) is 0 Å². The highest BCUT2D eigenvalue weighted by atomic mass is 16.1. The molecule has 6 nitrogen and oxygen atoms in total. The van der Waals surface area contributed by atoms with Gasteiger partial charge in [0, 0.05) is 24.4 Å². The topological polar surface area (TPSA) is 72.7 Å². The number of hydrogen-bond acceptors (Lipinski definition) is 5. The Morgan fingerprint density at radius 1 is 1.25 bits per heavy atom. The van der Waals surface area contributed by atoms with Crippen molar-refractivity contribution in [2.45, 2.75) is 33.7 Å². The summed E-state index contributed by atoms with van der Waals surface area (Å²) in [7, 11) is 0. The van der Waals surface area contributed by atoms with Gasteiger partial charge in [0.2, 0.25) is 0 Å². The van der Waals surface area contributed by atoms with Gasteiger partial charge in [-0.2, -0.15) is 5.10 Å². The predicted molar refractivity (Wildman–Crippen MR) is 77.9 cm³/mol. The molecule has 106 valence electrons. The lowest BCUT2D eigenvalue weighted by Gasteiger charge is -2.08. The summed E-state index contributed by atoms with van der Waals surface area (Å²) in [6.45, 7) is 6.99. The maximum atomic E-state index is 11.8. The van der Waals surface area contributed by atoms with Gasteiger partial charge in [0.25, 0.3) is 5.56 Å². The van der Waals surface area contributed by atoms with Gasteiger partial charge >= 0.3 is 0 Å². The largest absolute Gasteiger partial charge is 0.370 e. The van der Waals surface area contributed by atoms with Gasteiger partial charge in [-0.15, -0.1) is 0 Å². The van der Waals surface area contributed by atoms with Gasteiger partial charge in [0.05, 0.1) is 6.20 Å². The minimum atomic E-state index is -0.141. The zero-order chi connectivity index (χ0) is 14.5. The molecule has 0 aliphatic rings. The maximum absolute atomic E-state index is 11.8. The zero-order valence-corrected chi connectivity index (χ0v) is 12.1. The van der Waals surface area contributed by atoms with Gasteiger partial charge in [0.15, 0.2) is 5.82 Å². The first-order valence-corrected chi connectivity index (χ1v) is 6.70. The first-order chi connectivity index (χ1) is 9.58. The van der Waals surface area contributed by atoms with Gasteiger partial charge in [-0.25, -0.2) is 14.6 Å². The fourth-order valence-corrected chi connectivity index (χ4v) is 1.82. The Bertz CT molecular complexity index is 650.